The Hall–Kier alpha value is -2.58. The largest absolute Gasteiger partial charge is 0.357 e. The normalized spacial score (nSPS) is 12.1. The minimum absolute atomic E-state index is 0.168. The lowest BCUT2D eigenvalue weighted by Gasteiger charge is -2.31. The number of hydrogen-bond donors (Lipinski definition) is 1. The Labute approximate surface area is 176 Å². The van der Waals surface area contributed by atoms with Crippen LogP contribution in [0.1, 0.15) is 12.5 Å². The number of sulfonamides is 1. The van der Waals surface area contributed by atoms with Gasteiger partial charge in [-0.1, -0.05) is 48.0 Å². The first-order chi connectivity index (χ1) is 13.6. The smallest absolute Gasteiger partial charge is 0.244 e. The highest BCUT2D eigenvalue weighted by atomic mass is 35.5. The summed E-state index contributed by atoms with van der Waals surface area (Å²) in [5, 5.41) is 2.88. The Kier molecular flexibility index (Phi) is 7.64. The van der Waals surface area contributed by atoms with Crippen LogP contribution in [0.25, 0.3) is 0 Å². The Bertz CT molecular complexity index is 967. The molecule has 0 unspecified atom stereocenters. The average molecular weight is 438 g/mol. The fourth-order valence-corrected chi connectivity index (χ4v) is 3.84. The van der Waals surface area contributed by atoms with Gasteiger partial charge in [0, 0.05) is 18.6 Å². The number of carbonyl (C=O) groups is 2. The van der Waals surface area contributed by atoms with Gasteiger partial charge in [-0.15, -0.1) is 0 Å². The van der Waals surface area contributed by atoms with Gasteiger partial charge in [0.05, 0.1) is 11.9 Å². The summed E-state index contributed by atoms with van der Waals surface area (Å²) in [5.41, 5.74) is 1.10. The fourth-order valence-electron chi connectivity index (χ4n) is 2.82. The summed E-state index contributed by atoms with van der Waals surface area (Å²) in [5.74, 6) is -0.849. The van der Waals surface area contributed by atoms with Gasteiger partial charge in [0.2, 0.25) is 21.8 Å². The van der Waals surface area contributed by atoms with E-state index in [0.29, 0.717) is 5.02 Å². The second kappa shape index (κ2) is 9.76. The van der Waals surface area contributed by atoms with Crippen molar-refractivity contribution in [2.24, 2.45) is 0 Å². The van der Waals surface area contributed by atoms with Gasteiger partial charge in [0.15, 0.2) is 0 Å². The Balaban J connectivity index is 2.36. The van der Waals surface area contributed by atoms with Crippen LogP contribution in [-0.2, 0) is 26.2 Å². The predicted molar refractivity (Wildman–Crippen MR) is 114 cm³/mol. The zero-order chi connectivity index (χ0) is 21.6. The van der Waals surface area contributed by atoms with E-state index in [4.69, 9.17) is 11.6 Å². The minimum Gasteiger partial charge on any atom is -0.357 e. The molecular weight excluding hydrogens is 414 g/mol. The van der Waals surface area contributed by atoms with Crippen molar-refractivity contribution >= 4 is 39.1 Å². The third-order valence-corrected chi connectivity index (χ3v) is 5.76. The topological polar surface area (TPSA) is 86.8 Å². The molecule has 2 aromatic rings. The second-order valence-electron chi connectivity index (χ2n) is 6.55. The summed E-state index contributed by atoms with van der Waals surface area (Å²) in [7, 11) is -2.28. The molecule has 0 radical (unpaired) electrons. The van der Waals surface area contributed by atoms with Gasteiger partial charge in [-0.2, -0.15) is 0 Å². The maximum atomic E-state index is 13.1. The highest BCUT2D eigenvalue weighted by molar-refractivity contribution is 7.92. The first-order valence-corrected chi connectivity index (χ1v) is 11.1. The first kappa shape index (κ1) is 22.7. The fraction of sp³-hybridized carbons (Fsp3) is 0.300. The number of benzene rings is 2. The standard InChI is InChI=1S/C20H24ClN3O4S/c1-15(20(26)22-2)23(13-16-8-5-4-6-9-16)19(25)14-24(29(3,27)28)18-11-7-10-17(21)12-18/h4-12,15H,13-14H2,1-3H3,(H,22,26)/t15-/m0/s1. The van der Waals surface area contributed by atoms with Crippen LogP contribution in [0, 0.1) is 0 Å². The van der Waals surface area contributed by atoms with E-state index < -0.39 is 28.5 Å². The molecule has 1 N–H and O–H groups in total. The molecule has 1 atom stereocenters. The molecule has 9 heteroatoms. The Morgan fingerprint density at radius 1 is 1.10 bits per heavy atom. The summed E-state index contributed by atoms with van der Waals surface area (Å²) in [6.45, 7) is 1.32. The van der Waals surface area contributed by atoms with E-state index >= 15 is 0 Å². The summed E-state index contributed by atoms with van der Waals surface area (Å²) in [6.07, 6.45) is 1.02. The monoisotopic (exact) mass is 437 g/mol. The van der Waals surface area contributed by atoms with E-state index in [1.807, 2.05) is 30.3 Å². The molecule has 0 aromatic heterocycles. The highest BCUT2D eigenvalue weighted by Crippen LogP contribution is 2.22. The number of anilines is 1. The van der Waals surface area contributed by atoms with E-state index in [1.54, 1.807) is 25.1 Å². The number of hydrogen-bond acceptors (Lipinski definition) is 4. The summed E-state index contributed by atoms with van der Waals surface area (Å²) in [4.78, 5) is 26.7. The molecule has 0 bridgehead atoms. The Morgan fingerprint density at radius 2 is 1.76 bits per heavy atom. The van der Waals surface area contributed by atoms with Gasteiger partial charge < -0.3 is 10.2 Å². The molecule has 0 saturated heterocycles. The summed E-state index contributed by atoms with van der Waals surface area (Å²) < 4.78 is 25.7. The SMILES string of the molecule is CNC(=O)[C@H](C)N(Cc1ccccc1)C(=O)CN(c1cccc(Cl)c1)S(C)(=O)=O. The van der Waals surface area contributed by atoms with Gasteiger partial charge in [-0.05, 0) is 30.7 Å². The van der Waals surface area contributed by atoms with Crippen molar-refractivity contribution in [2.75, 3.05) is 24.2 Å². The molecule has 0 fully saturated rings. The third-order valence-electron chi connectivity index (χ3n) is 4.38. The maximum Gasteiger partial charge on any atom is 0.244 e. The quantitative estimate of drug-likeness (QED) is 0.686. The molecule has 0 aliphatic heterocycles. The zero-order valence-corrected chi connectivity index (χ0v) is 18.1. The van der Waals surface area contributed by atoms with Gasteiger partial charge in [0.1, 0.15) is 12.6 Å². The van der Waals surface area contributed by atoms with Gasteiger partial charge in [0.25, 0.3) is 0 Å². The molecule has 7 nitrogen and oxygen atoms in total. The molecule has 2 amide bonds. The van der Waals surface area contributed by atoms with Gasteiger partial charge in [-0.25, -0.2) is 8.42 Å². The lowest BCUT2D eigenvalue weighted by molar-refractivity contribution is -0.139. The van der Waals surface area contributed by atoms with Crippen molar-refractivity contribution in [3.05, 3.63) is 65.2 Å². The van der Waals surface area contributed by atoms with E-state index in [1.165, 1.54) is 18.0 Å². The van der Waals surface area contributed by atoms with Crippen LogP contribution in [0.5, 0.6) is 0 Å². The average Bonchev–Trinajstić information content (AvgIpc) is 2.68. The van der Waals surface area contributed by atoms with Crippen molar-refractivity contribution in [3.63, 3.8) is 0 Å². The molecule has 2 rings (SSSR count). The van der Waals surface area contributed by atoms with Crippen LogP contribution < -0.4 is 9.62 Å². The van der Waals surface area contributed by atoms with Crippen LogP contribution in [0.2, 0.25) is 5.02 Å². The molecule has 2 aromatic carbocycles. The van der Waals surface area contributed by atoms with E-state index in [-0.39, 0.29) is 18.1 Å². The highest BCUT2D eigenvalue weighted by Gasteiger charge is 2.29. The van der Waals surface area contributed by atoms with E-state index in [0.717, 1.165) is 16.1 Å². The van der Waals surface area contributed by atoms with Crippen LogP contribution >= 0.6 is 11.6 Å². The zero-order valence-electron chi connectivity index (χ0n) is 16.5. The third kappa shape index (κ3) is 6.20. The number of nitrogens with zero attached hydrogens (tertiary/aromatic N) is 2. The summed E-state index contributed by atoms with van der Waals surface area (Å²) >= 11 is 5.99. The molecular formula is C20H24ClN3O4S. The second-order valence-corrected chi connectivity index (χ2v) is 8.89. The number of likely N-dealkylation sites (N-methyl/N-ethyl adjacent to an activating group) is 1. The number of amides is 2. The van der Waals surface area contributed by atoms with Crippen LogP contribution in [0.15, 0.2) is 54.6 Å². The molecule has 0 aliphatic rings. The van der Waals surface area contributed by atoms with Crippen molar-refractivity contribution in [1.29, 1.82) is 0 Å². The number of halogens is 1. The van der Waals surface area contributed by atoms with Crippen LogP contribution in [0.4, 0.5) is 5.69 Å². The Morgan fingerprint density at radius 3 is 2.31 bits per heavy atom. The van der Waals surface area contributed by atoms with Crippen molar-refractivity contribution in [3.8, 4) is 0 Å². The minimum atomic E-state index is -3.76. The maximum absolute atomic E-state index is 13.1. The molecule has 29 heavy (non-hydrogen) atoms. The number of carbonyl (C=O) groups excluding carboxylic acids is 2. The molecule has 0 aliphatic carbocycles. The lowest BCUT2D eigenvalue weighted by Crippen LogP contribution is -2.50. The van der Waals surface area contributed by atoms with E-state index in [9.17, 15) is 18.0 Å². The van der Waals surface area contributed by atoms with Gasteiger partial charge in [-0.3, -0.25) is 13.9 Å². The van der Waals surface area contributed by atoms with Crippen LogP contribution in [-0.4, -0.2) is 51.0 Å². The molecule has 0 saturated carbocycles. The van der Waals surface area contributed by atoms with Crippen LogP contribution in [0.3, 0.4) is 0 Å². The lowest BCUT2D eigenvalue weighted by atomic mass is 10.1. The van der Waals surface area contributed by atoms with E-state index in [2.05, 4.69) is 5.32 Å². The van der Waals surface area contributed by atoms with Gasteiger partial charge >= 0.3 is 0 Å². The van der Waals surface area contributed by atoms with Crippen molar-refractivity contribution in [2.45, 2.75) is 19.5 Å². The number of nitrogens with one attached hydrogen (secondary N) is 1. The summed E-state index contributed by atoms with van der Waals surface area (Å²) in [6, 6.07) is 14.6. The van der Waals surface area contributed by atoms with Crippen molar-refractivity contribution in [1.82, 2.24) is 10.2 Å². The predicted octanol–water partition coefficient (Wildman–Crippen LogP) is 2.27. The molecule has 156 valence electrons. The molecule has 0 spiro atoms. The number of rotatable bonds is 8. The molecule has 0 heterocycles. The van der Waals surface area contributed by atoms with Crippen molar-refractivity contribution < 1.29 is 18.0 Å². The first-order valence-electron chi connectivity index (χ1n) is 8.91.